The van der Waals surface area contributed by atoms with Gasteiger partial charge in [-0.2, -0.15) is 0 Å². The second kappa shape index (κ2) is 3.44. The number of alkyl halides is 2. The van der Waals surface area contributed by atoms with E-state index in [9.17, 15) is 8.78 Å². The van der Waals surface area contributed by atoms with Crippen LogP contribution in [0, 0.1) is 5.41 Å². The molecule has 0 radical (unpaired) electrons. The van der Waals surface area contributed by atoms with Gasteiger partial charge in [0.15, 0.2) is 0 Å². The molecular weight excluding hydrogens is 184 g/mol. The van der Waals surface area contributed by atoms with E-state index in [2.05, 4.69) is 20.8 Å². The summed E-state index contributed by atoms with van der Waals surface area (Å²) in [5.74, 6) is -2.48. The van der Waals surface area contributed by atoms with E-state index in [0.29, 0.717) is 12.8 Å². The second-order valence-electron chi connectivity index (χ2n) is 5.25. The number of halogens is 2. The zero-order valence-corrected chi connectivity index (χ0v) is 9.37. The first-order chi connectivity index (χ1) is 6.22. The van der Waals surface area contributed by atoms with Gasteiger partial charge < -0.3 is 5.73 Å². The minimum Gasteiger partial charge on any atom is -0.325 e. The van der Waals surface area contributed by atoms with Crippen LogP contribution in [0.4, 0.5) is 8.78 Å². The normalized spacial score (nSPS) is 26.1. The van der Waals surface area contributed by atoms with Crippen molar-refractivity contribution in [2.45, 2.75) is 64.3 Å². The highest BCUT2D eigenvalue weighted by atomic mass is 19.3. The number of nitrogens with two attached hydrogens (primary N) is 1. The van der Waals surface area contributed by atoms with Crippen LogP contribution in [0.15, 0.2) is 0 Å². The third kappa shape index (κ3) is 2.08. The van der Waals surface area contributed by atoms with Crippen LogP contribution >= 0.6 is 0 Å². The Bertz CT molecular complexity index is 201. The highest BCUT2D eigenvalue weighted by molar-refractivity contribution is 5.01. The van der Waals surface area contributed by atoms with Crippen LogP contribution in [0.25, 0.3) is 0 Å². The zero-order chi connectivity index (χ0) is 11.0. The molecule has 3 heteroatoms. The molecule has 2 N–H and O–H groups in total. The molecule has 0 aromatic carbocycles. The highest BCUT2D eigenvalue weighted by Gasteiger charge is 2.47. The molecule has 0 atom stereocenters. The van der Waals surface area contributed by atoms with E-state index >= 15 is 0 Å². The molecule has 1 saturated carbocycles. The van der Waals surface area contributed by atoms with E-state index in [4.69, 9.17) is 5.73 Å². The first kappa shape index (κ1) is 11.9. The predicted octanol–water partition coefficient (Wildman–Crippen LogP) is 3.33. The van der Waals surface area contributed by atoms with Gasteiger partial charge in [0.05, 0.1) is 0 Å². The molecule has 0 bridgehead atoms. The Morgan fingerprint density at radius 2 is 1.57 bits per heavy atom. The average Bonchev–Trinajstić information content (AvgIpc) is 2.10. The minimum atomic E-state index is -2.48. The molecule has 1 nitrogen and oxygen atoms in total. The van der Waals surface area contributed by atoms with Gasteiger partial charge in [0.25, 0.3) is 0 Å². The first-order valence-electron chi connectivity index (χ1n) is 5.39. The summed E-state index contributed by atoms with van der Waals surface area (Å²) in [6, 6.07) is 0. The van der Waals surface area contributed by atoms with Crippen LogP contribution < -0.4 is 5.73 Å². The summed E-state index contributed by atoms with van der Waals surface area (Å²) in [5, 5.41) is 0. The second-order valence-corrected chi connectivity index (χ2v) is 5.25. The summed E-state index contributed by atoms with van der Waals surface area (Å²) in [6.45, 7) is 6.23. The fraction of sp³-hybridized carbons (Fsp3) is 1.00. The SMILES string of the molecule is CCC(C)(C)C1(N)CCC(F)(F)CC1. The lowest BCUT2D eigenvalue weighted by atomic mass is 9.63. The lowest BCUT2D eigenvalue weighted by Crippen LogP contribution is -2.56. The van der Waals surface area contributed by atoms with Crippen molar-refractivity contribution in [1.29, 1.82) is 0 Å². The van der Waals surface area contributed by atoms with Gasteiger partial charge in [0.2, 0.25) is 5.92 Å². The molecule has 14 heavy (non-hydrogen) atoms. The third-order valence-corrected chi connectivity index (χ3v) is 4.11. The molecule has 0 amide bonds. The van der Waals surface area contributed by atoms with Crippen molar-refractivity contribution in [3.05, 3.63) is 0 Å². The highest BCUT2D eigenvalue weighted by Crippen LogP contribution is 2.46. The number of rotatable bonds is 2. The topological polar surface area (TPSA) is 26.0 Å². The summed E-state index contributed by atoms with van der Waals surface area (Å²) in [7, 11) is 0. The van der Waals surface area contributed by atoms with Crippen molar-refractivity contribution in [2.24, 2.45) is 11.1 Å². The Kier molecular flexibility index (Phi) is 2.92. The molecule has 1 aliphatic carbocycles. The molecular formula is C11H21F2N. The molecule has 1 fully saturated rings. The van der Waals surface area contributed by atoms with Crippen molar-refractivity contribution in [3.63, 3.8) is 0 Å². The van der Waals surface area contributed by atoms with Gasteiger partial charge in [-0.05, 0) is 24.7 Å². The van der Waals surface area contributed by atoms with E-state index in [1.807, 2.05) is 0 Å². The Morgan fingerprint density at radius 3 is 1.93 bits per heavy atom. The van der Waals surface area contributed by atoms with Crippen molar-refractivity contribution in [2.75, 3.05) is 0 Å². The molecule has 0 aromatic heterocycles. The maximum absolute atomic E-state index is 13.0. The van der Waals surface area contributed by atoms with Crippen molar-refractivity contribution < 1.29 is 8.78 Å². The summed E-state index contributed by atoms with van der Waals surface area (Å²) in [5.41, 5.74) is 5.80. The summed E-state index contributed by atoms with van der Waals surface area (Å²) >= 11 is 0. The Labute approximate surface area is 85.1 Å². The standard InChI is InChI=1S/C11H21F2N/c1-4-9(2,3)10(14)5-7-11(12,13)8-6-10/h4-8,14H2,1-3H3. The Balaban J connectivity index is 2.71. The summed E-state index contributed by atoms with van der Waals surface area (Å²) in [4.78, 5) is 0. The maximum atomic E-state index is 13.0. The van der Waals surface area contributed by atoms with E-state index in [0.717, 1.165) is 6.42 Å². The largest absolute Gasteiger partial charge is 0.325 e. The lowest BCUT2D eigenvalue weighted by Gasteiger charge is -2.48. The minimum absolute atomic E-state index is 0.0382. The molecule has 0 saturated heterocycles. The smallest absolute Gasteiger partial charge is 0.248 e. The quantitative estimate of drug-likeness (QED) is 0.735. The predicted molar refractivity (Wildman–Crippen MR) is 54.4 cm³/mol. The first-order valence-corrected chi connectivity index (χ1v) is 5.39. The van der Waals surface area contributed by atoms with Crippen LogP contribution in [0.1, 0.15) is 52.9 Å². The molecule has 1 aliphatic rings. The van der Waals surface area contributed by atoms with Gasteiger partial charge in [0, 0.05) is 18.4 Å². The van der Waals surface area contributed by atoms with E-state index < -0.39 is 11.5 Å². The molecule has 84 valence electrons. The van der Waals surface area contributed by atoms with E-state index in [-0.39, 0.29) is 18.3 Å². The van der Waals surface area contributed by atoms with Crippen molar-refractivity contribution >= 4 is 0 Å². The van der Waals surface area contributed by atoms with Gasteiger partial charge in [-0.25, -0.2) is 8.78 Å². The summed E-state index contributed by atoms with van der Waals surface area (Å²) < 4.78 is 26.0. The van der Waals surface area contributed by atoms with Gasteiger partial charge in [-0.1, -0.05) is 20.8 Å². The van der Waals surface area contributed by atoms with E-state index in [1.54, 1.807) is 0 Å². The molecule has 0 unspecified atom stereocenters. The third-order valence-electron chi connectivity index (χ3n) is 4.11. The average molecular weight is 205 g/mol. The molecule has 0 aliphatic heterocycles. The Hall–Kier alpha value is -0.180. The number of hydrogen-bond acceptors (Lipinski definition) is 1. The molecule has 1 rings (SSSR count). The van der Waals surface area contributed by atoms with Crippen LogP contribution in [0.2, 0.25) is 0 Å². The monoisotopic (exact) mass is 205 g/mol. The zero-order valence-electron chi connectivity index (χ0n) is 9.37. The van der Waals surface area contributed by atoms with Crippen LogP contribution in [0.3, 0.4) is 0 Å². The van der Waals surface area contributed by atoms with Crippen LogP contribution in [0.5, 0.6) is 0 Å². The van der Waals surface area contributed by atoms with Gasteiger partial charge in [-0.15, -0.1) is 0 Å². The maximum Gasteiger partial charge on any atom is 0.248 e. The van der Waals surface area contributed by atoms with Crippen molar-refractivity contribution in [3.8, 4) is 0 Å². The lowest BCUT2D eigenvalue weighted by molar-refractivity contribution is -0.0689. The molecule has 0 aromatic rings. The molecule has 0 spiro atoms. The molecule has 0 heterocycles. The Morgan fingerprint density at radius 1 is 1.14 bits per heavy atom. The summed E-state index contributed by atoms with van der Waals surface area (Å²) in [6.07, 6.45) is 1.73. The van der Waals surface area contributed by atoms with Crippen molar-refractivity contribution in [1.82, 2.24) is 0 Å². The van der Waals surface area contributed by atoms with Crippen LogP contribution in [-0.4, -0.2) is 11.5 Å². The fourth-order valence-corrected chi connectivity index (χ4v) is 2.09. The van der Waals surface area contributed by atoms with Crippen LogP contribution in [-0.2, 0) is 0 Å². The number of hydrogen-bond donors (Lipinski definition) is 1. The van der Waals surface area contributed by atoms with Gasteiger partial charge in [0.1, 0.15) is 0 Å². The fourth-order valence-electron chi connectivity index (χ4n) is 2.09. The van der Waals surface area contributed by atoms with E-state index in [1.165, 1.54) is 0 Å². The van der Waals surface area contributed by atoms with Gasteiger partial charge in [-0.3, -0.25) is 0 Å². The van der Waals surface area contributed by atoms with Gasteiger partial charge >= 0.3 is 0 Å².